The smallest absolute Gasteiger partial charge is 0.406 e. The zero-order valence-corrected chi connectivity index (χ0v) is 15.4. The zero-order chi connectivity index (χ0) is 19.3. The summed E-state index contributed by atoms with van der Waals surface area (Å²) in [5, 5.41) is 13.9. The quantitative estimate of drug-likeness (QED) is 0.590. The maximum Gasteiger partial charge on any atom is 0.406 e. The summed E-state index contributed by atoms with van der Waals surface area (Å²) in [7, 11) is 0. The van der Waals surface area contributed by atoms with Gasteiger partial charge in [-0.05, 0) is 45.0 Å². The zero-order valence-electron chi connectivity index (χ0n) is 15.4. The number of nitrogens with zero attached hydrogens (tertiary/aromatic N) is 2. The largest absolute Gasteiger partial charge is 0.476 e. The van der Waals surface area contributed by atoms with Gasteiger partial charge in [-0.1, -0.05) is 45.9 Å². The van der Waals surface area contributed by atoms with Crippen LogP contribution in [0.1, 0.15) is 50.7 Å². The SMILES string of the molecule is CC(C)c1cccc(C(C)C)c1NC(=O)COc1cccnc1[N+](=O)[O-]. The number of benzene rings is 1. The Kier molecular flexibility index (Phi) is 6.27. The van der Waals surface area contributed by atoms with Crippen molar-refractivity contribution in [3.05, 3.63) is 57.8 Å². The fourth-order valence-corrected chi connectivity index (χ4v) is 2.65. The number of pyridine rings is 1. The van der Waals surface area contributed by atoms with Gasteiger partial charge in [-0.2, -0.15) is 0 Å². The minimum absolute atomic E-state index is 0.0334. The lowest BCUT2D eigenvalue weighted by Gasteiger charge is -2.20. The van der Waals surface area contributed by atoms with Crippen molar-refractivity contribution >= 4 is 17.4 Å². The molecular formula is C19H23N3O4. The number of ether oxygens (including phenoxy) is 1. The van der Waals surface area contributed by atoms with Gasteiger partial charge in [-0.3, -0.25) is 4.79 Å². The molecule has 26 heavy (non-hydrogen) atoms. The van der Waals surface area contributed by atoms with E-state index in [1.807, 2.05) is 18.2 Å². The van der Waals surface area contributed by atoms with Crippen molar-refractivity contribution in [3.8, 4) is 5.75 Å². The Morgan fingerprint density at radius 1 is 1.15 bits per heavy atom. The Bertz CT molecular complexity index is 777. The third-order valence-corrected chi connectivity index (χ3v) is 3.92. The van der Waals surface area contributed by atoms with E-state index in [4.69, 9.17) is 4.74 Å². The molecule has 0 aliphatic heterocycles. The molecule has 138 valence electrons. The van der Waals surface area contributed by atoms with Gasteiger partial charge in [0.15, 0.2) is 6.61 Å². The molecule has 0 fully saturated rings. The normalized spacial score (nSPS) is 10.8. The standard InChI is InChI=1S/C19H23N3O4/c1-12(2)14-7-5-8-15(13(3)4)18(14)21-17(23)11-26-16-9-6-10-20-19(16)22(24)25/h5-10,12-13H,11H2,1-4H3,(H,21,23). The second-order valence-corrected chi connectivity index (χ2v) is 6.54. The molecular weight excluding hydrogens is 334 g/mol. The molecule has 7 nitrogen and oxygen atoms in total. The van der Waals surface area contributed by atoms with Crippen molar-refractivity contribution in [2.75, 3.05) is 11.9 Å². The van der Waals surface area contributed by atoms with Gasteiger partial charge in [-0.25, -0.2) is 0 Å². The topological polar surface area (TPSA) is 94.4 Å². The summed E-state index contributed by atoms with van der Waals surface area (Å²) < 4.78 is 5.32. The molecule has 1 heterocycles. The minimum atomic E-state index is -0.641. The number of nitrogens with one attached hydrogen (secondary N) is 1. The highest BCUT2D eigenvalue weighted by atomic mass is 16.6. The van der Waals surface area contributed by atoms with E-state index >= 15 is 0 Å². The first-order valence-corrected chi connectivity index (χ1v) is 8.46. The van der Waals surface area contributed by atoms with E-state index in [-0.39, 0.29) is 30.1 Å². The van der Waals surface area contributed by atoms with Crippen molar-refractivity contribution in [2.24, 2.45) is 0 Å². The molecule has 0 aliphatic carbocycles. The van der Waals surface area contributed by atoms with E-state index in [2.05, 4.69) is 38.0 Å². The maximum atomic E-state index is 12.4. The number of nitro groups is 1. The molecule has 1 aromatic heterocycles. The van der Waals surface area contributed by atoms with Gasteiger partial charge in [-0.15, -0.1) is 0 Å². The van der Waals surface area contributed by atoms with Gasteiger partial charge in [0.25, 0.3) is 5.91 Å². The Balaban J connectivity index is 2.17. The fourth-order valence-electron chi connectivity index (χ4n) is 2.65. The Morgan fingerprint density at radius 2 is 1.77 bits per heavy atom. The molecule has 0 unspecified atom stereocenters. The van der Waals surface area contributed by atoms with Crippen LogP contribution >= 0.6 is 0 Å². The van der Waals surface area contributed by atoms with Crippen molar-refractivity contribution in [1.82, 2.24) is 4.98 Å². The summed E-state index contributed by atoms with van der Waals surface area (Å²) in [5.41, 5.74) is 2.86. The Hall–Kier alpha value is -2.96. The van der Waals surface area contributed by atoms with Gasteiger partial charge in [0, 0.05) is 5.69 Å². The van der Waals surface area contributed by atoms with E-state index in [0.717, 1.165) is 16.8 Å². The number of hydrogen-bond donors (Lipinski definition) is 1. The van der Waals surface area contributed by atoms with E-state index in [1.165, 1.54) is 18.3 Å². The lowest BCUT2D eigenvalue weighted by Crippen LogP contribution is -2.22. The highest BCUT2D eigenvalue weighted by Crippen LogP contribution is 2.32. The number of aromatic nitrogens is 1. The molecule has 0 saturated heterocycles. The number of hydrogen-bond acceptors (Lipinski definition) is 5. The average Bonchev–Trinajstić information content (AvgIpc) is 2.59. The molecule has 0 saturated carbocycles. The Labute approximate surface area is 152 Å². The van der Waals surface area contributed by atoms with Crippen LogP contribution in [-0.2, 0) is 4.79 Å². The summed E-state index contributed by atoms with van der Waals surface area (Å²) in [6.07, 6.45) is 1.30. The molecule has 2 aromatic rings. The van der Waals surface area contributed by atoms with Crippen LogP contribution in [0, 0.1) is 10.1 Å². The van der Waals surface area contributed by atoms with Crippen LogP contribution in [0.2, 0.25) is 0 Å². The van der Waals surface area contributed by atoms with Gasteiger partial charge in [0.05, 0.1) is 0 Å². The monoisotopic (exact) mass is 357 g/mol. The second kappa shape index (κ2) is 8.42. The first kappa shape index (κ1) is 19.4. The van der Waals surface area contributed by atoms with Crippen LogP contribution in [0.15, 0.2) is 36.5 Å². The number of carbonyl (C=O) groups is 1. The summed E-state index contributed by atoms with van der Waals surface area (Å²) in [5.74, 6) is -0.341. The van der Waals surface area contributed by atoms with E-state index in [9.17, 15) is 14.9 Å². The predicted molar refractivity (Wildman–Crippen MR) is 99.6 cm³/mol. The molecule has 2 rings (SSSR count). The van der Waals surface area contributed by atoms with Gasteiger partial charge >= 0.3 is 5.82 Å². The fraction of sp³-hybridized carbons (Fsp3) is 0.368. The van der Waals surface area contributed by atoms with Crippen LogP contribution in [0.25, 0.3) is 0 Å². The molecule has 1 amide bonds. The summed E-state index contributed by atoms with van der Waals surface area (Å²) in [6.45, 7) is 7.90. The molecule has 0 atom stereocenters. The number of carbonyl (C=O) groups excluding carboxylic acids is 1. The van der Waals surface area contributed by atoms with E-state index in [1.54, 1.807) is 0 Å². The molecule has 0 spiro atoms. The highest BCUT2D eigenvalue weighted by Gasteiger charge is 2.19. The first-order chi connectivity index (χ1) is 12.3. The van der Waals surface area contributed by atoms with Crippen LogP contribution in [0.4, 0.5) is 11.5 Å². The lowest BCUT2D eigenvalue weighted by molar-refractivity contribution is -0.390. The third-order valence-electron chi connectivity index (χ3n) is 3.92. The number of rotatable bonds is 7. The van der Waals surface area contributed by atoms with E-state index in [0.29, 0.717) is 0 Å². The maximum absolute atomic E-state index is 12.4. The van der Waals surface area contributed by atoms with Gasteiger partial charge in [0.1, 0.15) is 6.20 Å². The summed E-state index contributed by atoms with van der Waals surface area (Å²) >= 11 is 0. The van der Waals surface area contributed by atoms with Gasteiger partial charge < -0.3 is 20.2 Å². The lowest BCUT2D eigenvalue weighted by atomic mass is 9.92. The summed E-state index contributed by atoms with van der Waals surface area (Å²) in [6, 6.07) is 8.89. The van der Waals surface area contributed by atoms with Crippen molar-refractivity contribution < 1.29 is 14.5 Å². The van der Waals surface area contributed by atoms with Gasteiger partial charge in [0.2, 0.25) is 5.75 Å². The van der Waals surface area contributed by atoms with Crippen molar-refractivity contribution in [2.45, 2.75) is 39.5 Å². The Morgan fingerprint density at radius 3 is 2.31 bits per heavy atom. The molecule has 7 heteroatoms. The van der Waals surface area contributed by atoms with Crippen LogP contribution in [0.3, 0.4) is 0 Å². The molecule has 1 aromatic carbocycles. The molecule has 0 bridgehead atoms. The number of amides is 1. The summed E-state index contributed by atoms with van der Waals surface area (Å²) in [4.78, 5) is 26.4. The molecule has 1 N–H and O–H groups in total. The third kappa shape index (κ3) is 4.56. The van der Waals surface area contributed by atoms with E-state index < -0.39 is 10.7 Å². The minimum Gasteiger partial charge on any atom is -0.476 e. The van der Waals surface area contributed by atoms with Crippen LogP contribution in [0.5, 0.6) is 5.75 Å². The first-order valence-electron chi connectivity index (χ1n) is 8.46. The van der Waals surface area contributed by atoms with Crippen molar-refractivity contribution in [3.63, 3.8) is 0 Å². The second-order valence-electron chi connectivity index (χ2n) is 6.54. The number of para-hydroxylation sites is 1. The van der Waals surface area contributed by atoms with Crippen molar-refractivity contribution in [1.29, 1.82) is 0 Å². The van der Waals surface area contributed by atoms with Crippen LogP contribution in [-0.4, -0.2) is 22.4 Å². The average molecular weight is 357 g/mol. The van der Waals surface area contributed by atoms with Crippen LogP contribution < -0.4 is 10.1 Å². The number of anilines is 1. The predicted octanol–water partition coefficient (Wildman–Crippen LogP) is 4.25. The highest BCUT2D eigenvalue weighted by molar-refractivity contribution is 5.93. The molecule has 0 radical (unpaired) electrons. The molecule has 0 aliphatic rings.